The number of carbonyl (C=O) groups is 1. The predicted molar refractivity (Wildman–Crippen MR) is 87.0 cm³/mol. The number of pyridine rings is 1. The van der Waals surface area contributed by atoms with E-state index in [2.05, 4.69) is 15.2 Å². The lowest BCUT2D eigenvalue weighted by Crippen LogP contribution is -1.96. The summed E-state index contributed by atoms with van der Waals surface area (Å²) in [5, 5.41) is 17.8. The lowest BCUT2D eigenvalue weighted by molar-refractivity contribution is 0.0692. The van der Waals surface area contributed by atoms with Crippen LogP contribution in [0.2, 0.25) is 0 Å². The van der Waals surface area contributed by atoms with Gasteiger partial charge < -0.3 is 5.11 Å². The van der Waals surface area contributed by atoms with Gasteiger partial charge in [-0.15, -0.1) is 10.2 Å². The van der Waals surface area contributed by atoms with Gasteiger partial charge in [-0.3, -0.25) is 4.40 Å². The zero-order valence-electron chi connectivity index (χ0n) is 13.1. The fraction of sp³-hybridized carbons (Fsp3) is 0.176. The number of benzene rings is 1. The van der Waals surface area contributed by atoms with E-state index in [0.29, 0.717) is 11.3 Å². The lowest BCUT2D eigenvalue weighted by atomic mass is 10.1. The van der Waals surface area contributed by atoms with Crippen molar-refractivity contribution in [2.24, 2.45) is 10.2 Å². The maximum absolute atomic E-state index is 11.5. The summed E-state index contributed by atoms with van der Waals surface area (Å²) in [6.45, 7) is 5.83. The Labute approximate surface area is 133 Å². The fourth-order valence-electron chi connectivity index (χ4n) is 2.38. The van der Waals surface area contributed by atoms with E-state index >= 15 is 0 Å². The first-order valence-corrected chi connectivity index (χ1v) is 7.18. The minimum Gasteiger partial charge on any atom is -0.476 e. The minimum atomic E-state index is -1.12. The van der Waals surface area contributed by atoms with E-state index in [1.807, 2.05) is 51.1 Å². The van der Waals surface area contributed by atoms with Crippen molar-refractivity contribution in [3.8, 4) is 0 Å². The van der Waals surface area contributed by atoms with E-state index in [0.717, 1.165) is 16.7 Å². The maximum Gasteiger partial charge on any atom is 0.358 e. The van der Waals surface area contributed by atoms with Crippen LogP contribution in [0.3, 0.4) is 0 Å². The Bertz CT molecular complexity index is 941. The SMILES string of the molecule is Cc1cccc(N=Nc2c(C(=O)O)nc3c(C)cccn23)c1C. The van der Waals surface area contributed by atoms with Crippen LogP contribution in [0.4, 0.5) is 11.5 Å². The normalized spacial score (nSPS) is 11.4. The van der Waals surface area contributed by atoms with E-state index < -0.39 is 5.97 Å². The number of rotatable bonds is 3. The first-order chi connectivity index (χ1) is 11.0. The number of aromatic nitrogens is 2. The third-order valence-electron chi connectivity index (χ3n) is 3.85. The molecule has 23 heavy (non-hydrogen) atoms. The molecule has 3 rings (SSSR count). The molecule has 1 aromatic carbocycles. The first-order valence-electron chi connectivity index (χ1n) is 7.18. The molecule has 0 aliphatic rings. The zero-order chi connectivity index (χ0) is 16.6. The summed E-state index contributed by atoms with van der Waals surface area (Å²) < 4.78 is 1.65. The van der Waals surface area contributed by atoms with Crippen LogP contribution in [0.5, 0.6) is 0 Å². The standard InChI is InChI=1S/C17H16N4O2/c1-10-6-4-8-13(12(10)3)19-20-16-14(17(22)23)18-15-11(2)7-5-9-21(15)16/h4-9H,1-3H3,(H,22,23). The summed E-state index contributed by atoms with van der Waals surface area (Å²) in [5.74, 6) is -0.903. The van der Waals surface area contributed by atoms with Crippen molar-refractivity contribution in [1.29, 1.82) is 0 Å². The Morgan fingerprint density at radius 1 is 1.09 bits per heavy atom. The molecule has 0 saturated heterocycles. The molecule has 0 amide bonds. The largest absolute Gasteiger partial charge is 0.476 e. The topological polar surface area (TPSA) is 79.3 Å². The third-order valence-corrected chi connectivity index (χ3v) is 3.85. The van der Waals surface area contributed by atoms with Gasteiger partial charge >= 0.3 is 5.97 Å². The summed E-state index contributed by atoms with van der Waals surface area (Å²) in [7, 11) is 0. The van der Waals surface area contributed by atoms with Gasteiger partial charge in [-0.1, -0.05) is 18.2 Å². The van der Waals surface area contributed by atoms with Crippen LogP contribution in [-0.2, 0) is 0 Å². The van der Waals surface area contributed by atoms with Crippen molar-refractivity contribution in [3.63, 3.8) is 0 Å². The lowest BCUT2D eigenvalue weighted by Gasteiger charge is -2.02. The van der Waals surface area contributed by atoms with Crippen molar-refractivity contribution in [3.05, 3.63) is 58.9 Å². The number of carboxylic acid groups (broad SMARTS) is 1. The molecule has 0 atom stereocenters. The molecule has 0 spiro atoms. The molecule has 6 nitrogen and oxygen atoms in total. The van der Waals surface area contributed by atoms with Crippen molar-refractivity contribution >= 4 is 23.1 Å². The van der Waals surface area contributed by atoms with Crippen LogP contribution in [-0.4, -0.2) is 20.5 Å². The highest BCUT2D eigenvalue weighted by atomic mass is 16.4. The van der Waals surface area contributed by atoms with Gasteiger partial charge in [0.25, 0.3) is 0 Å². The highest BCUT2D eigenvalue weighted by molar-refractivity contribution is 5.92. The number of nitrogens with zero attached hydrogens (tertiary/aromatic N) is 4. The van der Waals surface area contributed by atoms with E-state index in [-0.39, 0.29) is 11.5 Å². The fourth-order valence-corrected chi connectivity index (χ4v) is 2.38. The summed E-state index contributed by atoms with van der Waals surface area (Å²) in [6, 6.07) is 9.44. The predicted octanol–water partition coefficient (Wildman–Crippen LogP) is 4.37. The number of aromatic carboxylic acids is 1. The van der Waals surface area contributed by atoms with Gasteiger partial charge in [0.1, 0.15) is 5.65 Å². The molecule has 0 fully saturated rings. The molecule has 0 aliphatic carbocycles. The van der Waals surface area contributed by atoms with Crippen molar-refractivity contribution < 1.29 is 9.90 Å². The number of carboxylic acids is 1. The van der Waals surface area contributed by atoms with Gasteiger partial charge in [0.15, 0.2) is 11.5 Å². The minimum absolute atomic E-state index is 0.103. The van der Waals surface area contributed by atoms with E-state index in [1.165, 1.54) is 0 Å². The molecule has 0 radical (unpaired) electrons. The highest BCUT2D eigenvalue weighted by Crippen LogP contribution is 2.27. The first kappa shape index (κ1) is 14.9. The monoisotopic (exact) mass is 308 g/mol. The molecule has 2 heterocycles. The molecule has 0 aliphatic heterocycles. The van der Waals surface area contributed by atoms with Crippen LogP contribution in [0.1, 0.15) is 27.2 Å². The smallest absolute Gasteiger partial charge is 0.358 e. The van der Waals surface area contributed by atoms with Gasteiger partial charge in [0.2, 0.25) is 0 Å². The van der Waals surface area contributed by atoms with Gasteiger partial charge in [0, 0.05) is 6.20 Å². The number of aryl methyl sites for hydroxylation is 2. The van der Waals surface area contributed by atoms with Gasteiger partial charge in [-0.05, 0) is 49.6 Å². The van der Waals surface area contributed by atoms with E-state index in [4.69, 9.17) is 0 Å². The molecule has 0 saturated carbocycles. The molecule has 2 aromatic heterocycles. The quantitative estimate of drug-likeness (QED) is 0.729. The van der Waals surface area contributed by atoms with Crippen LogP contribution in [0.15, 0.2) is 46.8 Å². The summed E-state index contributed by atoms with van der Waals surface area (Å²) in [6.07, 6.45) is 1.74. The van der Waals surface area contributed by atoms with Crippen molar-refractivity contribution in [2.45, 2.75) is 20.8 Å². The number of hydrogen-bond donors (Lipinski definition) is 1. The maximum atomic E-state index is 11.5. The van der Waals surface area contributed by atoms with Crippen molar-refractivity contribution in [2.75, 3.05) is 0 Å². The highest BCUT2D eigenvalue weighted by Gasteiger charge is 2.19. The average molecular weight is 308 g/mol. The Kier molecular flexibility index (Phi) is 3.65. The van der Waals surface area contributed by atoms with Crippen LogP contribution in [0.25, 0.3) is 5.65 Å². The number of fused-ring (bicyclic) bond motifs is 1. The molecular weight excluding hydrogens is 292 g/mol. The number of imidazole rings is 1. The molecule has 3 aromatic rings. The number of azo groups is 1. The Morgan fingerprint density at radius 3 is 2.57 bits per heavy atom. The van der Waals surface area contributed by atoms with Gasteiger partial charge in [-0.2, -0.15) is 0 Å². The van der Waals surface area contributed by atoms with Gasteiger partial charge in [-0.25, -0.2) is 9.78 Å². The van der Waals surface area contributed by atoms with Crippen LogP contribution >= 0.6 is 0 Å². The molecule has 6 heteroatoms. The van der Waals surface area contributed by atoms with Crippen LogP contribution in [0, 0.1) is 20.8 Å². The summed E-state index contributed by atoms with van der Waals surface area (Å²) in [4.78, 5) is 15.6. The summed E-state index contributed by atoms with van der Waals surface area (Å²) in [5.41, 5.74) is 4.17. The molecule has 0 bridgehead atoms. The number of hydrogen-bond acceptors (Lipinski definition) is 4. The van der Waals surface area contributed by atoms with Gasteiger partial charge in [0.05, 0.1) is 5.69 Å². The Morgan fingerprint density at radius 2 is 1.83 bits per heavy atom. The third kappa shape index (κ3) is 2.59. The molecule has 116 valence electrons. The zero-order valence-corrected chi connectivity index (χ0v) is 13.1. The second-order valence-corrected chi connectivity index (χ2v) is 5.39. The molecular formula is C17H16N4O2. The second-order valence-electron chi connectivity index (χ2n) is 5.39. The van der Waals surface area contributed by atoms with E-state index in [1.54, 1.807) is 10.6 Å². The van der Waals surface area contributed by atoms with Crippen LogP contribution < -0.4 is 0 Å². The summed E-state index contributed by atoms with van der Waals surface area (Å²) >= 11 is 0. The molecule has 0 unspecified atom stereocenters. The van der Waals surface area contributed by atoms with E-state index in [9.17, 15) is 9.90 Å². The average Bonchev–Trinajstić information content (AvgIpc) is 2.89. The molecule has 1 N–H and O–H groups in total. The van der Waals surface area contributed by atoms with Crippen molar-refractivity contribution in [1.82, 2.24) is 9.38 Å². The Hall–Kier alpha value is -3.02. The Balaban J connectivity index is 2.17. The second kappa shape index (κ2) is 5.64.